The van der Waals surface area contributed by atoms with E-state index in [0.29, 0.717) is 6.42 Å². The predicted octanol–water partition coefficient (Wildman–Crippen LogP) is 1.91. The van der Waals surface area contributed by atoms with Crippen molar-refractivity contribution >= 4 is 0 Å². The van der Waals surface area contributed by atoms with E-state index in [9.17, 15) is 13.2 Å². The van der Waals surface area contributed by atoms with Crippen LogP contribution in [0.25, 0.3) is 0 Å². The van der Waals surface area contributed by atoms with Crippen LogP contribution in [0.3, 0.4) is 0 Å². The molecule has 0 aromatic heterocycles. The second-order valence-corrected chi connectivity index (χ2v) is 4.07. The molecule has 0 bridgehead atoms. The van der Waals surface area contributed by atoms with Gasteiger partial charge in [-0.2, -0.15) is 13.2 Å². The molecule has 0 saturated heterocycles. The van der Waals surface area contributed by atoms with Crippen molar-refractivity contribution in [1.82, 2.24) is 0 Å². The highest BCUT2D eigenvalue weighted by Gasteiger charge is 2.38. The van der Waals surface area contributed by atoms with Gasteiger partial charge in [-0.15, -0.1) is 0 Å². The fraction of sp³-hybridized carbons (Fsp3) is 0.500. The van der Waals surface area contributed by atoms with Crippen molar-refractivity contribution in [2.45, 2.75) is 31.7 Å². The van der Waals surface area contributed by atoms with Crippen LogP contribution < -0.4 is 4.74 Å². The molecule has 102 valence electrons. The molecule has 0 saturated carbocycles. The molecule has 3 nitrogen and oxygen atoms in total. The average molecular weight is 264 g/mol. The predicted molar refractivity (Wildman–Crippen MR) is 59.4 cm³/mol. The van der Waals surface area contributed by atoms with E-state index in [1.165, 1.54) is 12.1 Å². The Morgan fingerprint density at radius 1 is 1.17 bits per heavy atom. The molecule has 1 aromatic carbocycles. The van der Waals surface area contributed by atoms with Crippen molar-refractivity contribution in [3.63, 3.8) is 0 Å². The van der Waals surface area contributed by atoms with Gasteiger partial charge in [-0.05, 0) is 31.0 Å². The smallest absolute Gasteiger partial charge is 0.417 e. The summed E-state index contributed by atoms with van der Waals surface area (Å²) in [5.74, 6) is 0.243. The molecule has 1 aromatic rings. The number of halogens is 3. The van der Waals surface area contributed by atoms with E-state index in [-0.39, 0.29) is 5.75 Å². The Labute approximate surface area is 103 Å². The molecule has 0 fully saturated rings. The van der Waals surface area contributed by atoms with Gasteiger partial charge in [-0.3, -0.25) is 0 Å². The van der Waals surface area contributed by atoms with Crippen LogP contribution in [0.5, 0.6) is 5.75 Å². The quantitative estimate of drug-likeness (QED) is 0.854. The van der Waals surface area contributed by atoms with Crippen LogP contribution in [0.4, 0.5) is 13.2 Å². The van der Waals surface area contributed by atoms with E-state index >= 15 is 0 Å². The Balaban J connectivity index is 2.49. The monoisotopic (exact) mass is 264 g/mol. The normalized spacial score (nSPS) is 15.2. The van der Waals surface area contributed by atoms with Crippen molar-refractivity contribution in [3.8, 4) is 5.75 Å². The highest BCUT2D eigenvalue weighted by Crippen LogP contribution is 2.21. The number of hydrogen-bond acceptors (Lipinski definition) is 3. The van der Waals surface area contributed by atoms with Crippen LogP contribution in [0, 0.1) is 0 Å². The van der Waals surface area contributed by atoms with Crippen LogP contribution >= 0.6 is 0 Å². The van der Waals surface area contributed by atoms with E-state index in [1.54, 1.807) is 19.1 Å². The number of aliphatic hydroxyl groups is 2. The number of aliphatic hydroxyl groups excluding tert-OH is 2. The molecule has 0 radical (unpaired) electrons. The van der Waals surface area contributed by atoms with Gasteiger partial charge >= 0.3 is 6.18 Å². The van der Waals surface area contributed by atoms with E-state index in [4.69, 9.17) is 14.9 Å². The molecule has 1 rings (SSSR count). The zero-order valence-electron chi connectivity index (χ0n) is 9.81. The third-order valence-electron chi connectivity index (χ3n) is 2.24. The number of ether oxygens (including phenoxy) is 1. The first-order valence-corrected chi connectivity index (χ1v) is 5.43. The molecule has 2 atom stereocenters. The molecule has 0 spiro atoms. The van der Waals surface area contributed by atoms with E-state index in [2.05, 4.69) is 0 Å². The van der Waals surface area contributed by atoms with Gasteiger partial charge in [0, 0.05) is 0 Å². The first-order valence-electron chi connectivity index (χ1n) is 5.43. The zero-order valence-corrected chi connectivity index (χ0v) is 9.81. The van der Waals surface area contributed by atoms with E-state index in [1.807, 2.05) is 0 Å². The summed E-state index contributed by atoms with van der Waals surface area (Å²) in [5, 5.41) is 17.9. The molecule has 0 heterocycles. The van der Waals surface area contributed by atoms with Gasteiger partial charge < -0.3 is 14.9 Å². The summed E-state index contributed by atoms with van der Waals surface area (Å²) in [6.07, 6.45) is -7.18. The lowest BCUT2D eigenvalue weighted by Gasteiger charge is -2.15. The van der Waals surface area contributed by atoms with Gasteiger partial charge in [-0.25, -0.2) is 0 Å². The summed E-state index contributed by atoms with van der Waals surface area (Å²) in [6, 6.07) is 6.31. The summed E-state index contributed by atoms with van der Waals surface area (Å²) in [6.45, 7) is 0.809. The Hall–Kier alpha value is -1.27. The number of rotatable bonds is 5. The highest BCUT2D eigenvalue weighted by atomic mass is 19.4. The van der Waals surface area contributed by atoms with E-state index < -0.39 is 25.0 Å². The minimum atomic E-state index is -4.67. The zero-order chi connectivity index (χ0) is 13.8. The van der Waals surface area contributed by atoms with Gasteiger partial charge in [0.25, 0.3) is 0 Å². The van der Waals surface area contributed by atoms with Crippen LogP contribution in [-0.2, 0) is 6.42 Å². The van der Waals surface area contributed by atoms with Crippen molar-refractivity contribution < 1.29 is 28.1 Å². The van der Waals surface area contributed by atoms with Crippen LogP contribution in [0.2, 0.25) is 0 Å². The maximum Gasteiger partial charge on any atom is 0.417 e. The topological polar surface area (TPSA) is 49.7 Å². The lowest BCUT2D eigenvalue weighted by molar-refractivity contribution is -0.210. The fourth-order valence-corrected chi connectivity index (χ4v) is 1.33. The van der Waals surface area contributed by atoms with Gasteiger partial charge in [-0.1, -0.05) is 12.1 Å². The molecule has 0 aliphatic rings. The standard InChI is InChI=1S/C12H15F3O3/c1-8(16)6-9-2-4-10(5-3-9)18-7-11(17)12(13,14)15/h2-5,8,11,16-17H,6-7H2,1H3. The lowest BCUT2D eigenvalue weighted by atomic mass is 10.1. The Bertz CT molecular complexity index is 360. The van der Waals surface area contributed by atoms with Crippen molar-refractivity contribution in [1.29, 1.82) is 0 Å². The van der Waals surface area contributed by atoms with Crippen molar-refractivity contribution in [3.05, 3.63) is 29.8 Å². The minimum absolute atomic E-state index is 0.243. The Morgan fingerprint density at radius 2 is 1.72 bits per heavy atom. The van der Waals surface area contributed by atoms with Crippen LogP contribution in [0.15, 0.2) is 24.3 Å². The third-order valence-corrected chi connectivity index (χ3v) is 2.24. The van der Waals surface area contributed by atoms with Crippen molar-refractivity contribution in [2.24, 2.45) is 0 Å². The summed E-state index contributed by atoms with van der Waals surface area (Å²) in [5.41, 5.74) is 0.855. The average Bonchev–Trinajstić information content (AvgIpc) is 2.25. The third kappa shape index (κ3) is 4.93. The number of alkyl halides is 3. The van der Waals surface area contributed by atoms with Gasteiger partial charge in [0.15, 0.2) is 6.10 Å². The van der Waals surface area contributed by atoms with Gasteiger partial charge in [0.2, 0.25) is 0 Å². The second kappa shape index (κ2) is 6.06. The molecule has 6 heteroatoms. The summed E-state index contributed by atoms with van der Waals surface area (Å²) in [7, 11) is 0. The first kappa shape index (κ1) is 14.8. The van der Waals surface area contributed by atoms with Crippen LogP contribution in [-0.4, -0.2) is 35.2 Å². The molecular formula is C12H15F3O3. The van der Waals surface area contributed by atoms with Gasteiger partial charge in [0.05, 0.1) is 6.10 Å². The Morgan fingerprint density at radius 3 is 2.17 bits per heavy atom. The second-order valence-electron chi connectivity index (χ2n) is 4.07. The SMILES string of the molecule is CC(O)Cc1ccc(OCC(O)C(F)(F)F)cc1. The lowest BCUT2D eigenvalue weighted by Crippen LogP contribution is -2.34. The van der Waals surface area contributed by atoms with Crippen LogP contribution in [0.1, 0.15) is 12.5 Å². The number of benzene rings is 1. The minimum Gasteiger partial charge on any atom is -0.491 e. The largest absolute Gasteiger partial charge is 0.491 e. The number of hydrogen-bond donors (Lipinski definition) is 2. The van der Waals surface area contributed by atoms with Crippen molar-refractivity contribution in [2.75, 3.05) is 6.61 Å². The summed E-state index contributed by atoms with van der Waals surface area (Å²) >= 11 is 0. The summed E-state index contributed by atoms with van der Waals surface area (Å²) < 4.78 is 40.8. The summed E-state index contributed by atoms with van der Waals surface area (Å²) in [4.78, 5) is 0. The molecule has 0 aliphatic carbocycles. The Kier molecular flexibility index (Phi) is 4.98. The maximum atomic E-state index is 12.0. The molecular weight excluding hydrogens is 249 g/mol. The van der Waals surface area contributed by atoms with E-state index in [0.717, 1.165) is 5.56 Å². The maximum absolute atomic E-state index is 12.0. The first-order chi connectivity index (χ1) is 8.29. The molecule has 0 amide bonds. The fourth-order valence-electron chi connectivity index (χ4n) is 1.33. The van der Waals surface area contributed by atoms with Gasteiger partial charge in [0.1, 0.15) is 12.4 Å². The molecule has 2 N–H and O–H groups in total. The molecule has 0 aliphatic heterocycles. The highest BCUT2D eigenvalue weighted by molar-refractivity contribution is 5.27. The molecule has 2 unspecified atom stereocenters. The molecule has 18 heavy (non-hydrogen) atoms.